The van der Waals surface area contributed by atoms with Gasteiger partial charge in [-0.25, -0.2) is 0 Å². The number of rotatable bonds is 5. The predicted molar refractivity (Wildman–Crippen MR) is 80.5 cm³/mol. The molecule has 20 heavy (non-hydrogen) atoms. The first-order chi connectivity index (χ1) is 9.60. The molecule has 0 spiro atoms. The van der Waals surface area contributed by atoms with E-state index in [1.165, 1.54) is 0 Å². The number of Topliss-reactive ketones (excluding diaryl/α,β-unsaturated/α-hetero) is 1. The highest BCUT2D eigenvalue weighted by molar-refractivity contribution is 6.03. The van der Waals surface area contributed by atoms with Crippen LogP contribution in [0.15, 0.2) is 73.3 Å². The van der Waals surface area contributed by atoms with Gasteiger partial charge < -0.3 is 5.11 Å². The molecule has 102 valence electrons. The molecule has 0 heterocycles. The molecule has 2 nitrogen and oxygen atoms in total. The van der Waals surface area contributed by atoms with Crippen molar-refractivity contribution >= 4 is 5.78 Å². The highest BCUT2D eigenvalue weighted by Gasteiger charge is 2.42. The first-order valence-corrected chi connectivity index (χ1v) is 6.61. The van der Waals surface area contributed by atoms with E-state index in [1.807, 2.05) is 24.3 Å². The van der Waals surface area contributed by atoms with Gasteiger partial charge in [0.1, 0.15) is 0 Å². The van der Waals surface area contributed by atoms with E-state index in [-0.39, 0.29) is 5.78 Å². The Kier molecular flexibility index (Phi) is 4.16. The molecule has 0 saturated heterocycles. The maximum absolute atomic E-state index is 12.8. The molecule has 0 unspecified atom stereocenters. The largest absolute Gasteiger partial charge is 0.376 e. The number of benzene rings is 2. The van der Waals surface area contributed by atoms with Crippen molar-refractivity contribution in [3.05, 3.63) is 84.4 Å². The zero-order valence-corrected chi connectivity index (χ0v) is 11.5. The minimum Gasteiger partial charge on any atom is -0.376 e. The van der Waals surface area contributed by atoms with Crippen molar-refractivity contribution in [2.24, 2.45) is 5.92 Å². The molecule has 0 aliphatic heterocycles. The Hall–Kier alpha value is -2.19. The van der Waals surface area contributed by atoms with E-state index in [9.17, 15) is 9.90 Å². The molecule has 0 saturated carbocycles. The minimum atomic E-state index is -1.59. The molecule has 0 aromatic heterocycles. The molecule has 0 amide bonds. The standard InChI is InChI=1S/C18H18O2/c1-3-14(2)18(20,16-12-8-5-9-13-16)17(19)15-10-6-4-7-11-15/h3-14,20H,1H2,2H3/t14-,18-/m1/s1. The highest BCUT2D eigenvalue weighted by atomic mass is 16.3. The van der Waals surface area contributed by atoms with Crippen molar-refractivity contribution in [1.29, 1.82) is 0 Å². The maximum Gasteiger partial charge on any atom is 0.199 e. The maximum atomic E-state index is 12.8. The summed E-state index contributed by atoms with van der Waals surface area (Å²) in [4.78, 5) is 12.8. The molecule has 0 bridgehead atoms. The van der Waals surface area contributed by atoms with Gasteiger partial charge in [-0.15, -0.1) is 6.58 Å². The monoisotopic (exact) mass is 266 g/mol. The molecule has 0 radical (unpaired) electrons. The quantitative estimate of drug-likeness (QED) is 0.663. The number of hydrogen-bond donors (Lipinski definition) is 1. The van der Waals surface area contributed by atoms with Crippen molar-refractivity contribution in [3.63, 3.8) is 0 Å². The lowest BCUT2D eigenvalue weighted by Crippen LogP contribution is -2.41. The Morgan fingerprint density at radius 1 is 1.10 bits per heavy atom. The molecular weight excluding hydrogens is 248 g/mol. The van der Waals surface area contributed by atoms with Gasteiger partial charge in [0.25, 0.3) is 0 Å². The summed E-state index contributed by atoms with van der Waals surface area (Å²) in [6.45, 7) is 5.51. The van der Waals surface area contributed by atoms with Crippen molar-refractivity contribution in [2.75, 3.05) is 0 Å². The van der Waals surface area contributed by atoms with Gasteiger partial charge in [-0.3, -0.25) is 4.79 Å². The van der Waals surface area contributed by atoms with Gasteiger partial charge in [0.2, 0.25) is 0 Å². The molecule has 0 aliphatic carbocycles. The highest BCUT2D eigenvalue weighted by Crippen LogP contribution is 2.34. The third-order valence-electron chi connectivity index (χ3n) is 3.61. The average molecular weight is 266 g/mol. The second-order valence-corrected chi connectivity index (χ2v) is 4.85. The second-order valence-electron chi connectivity index (χ2n) is 4.85. The number of carbonyl (C=O) groups excluding carboxylic acids is 1. The normalized spacial score (nSPS) is 15.1. The fourth-order valence-electron chi connectivity index (χ4n) is 2.27. The molecule has 2 aromatic carbocycles. The minimum absolute atomic E-state index is 0.309. The van der Waals surface area contributed by atoms with E-state index in [4.69, 9.17) is 0 Å². The van der Waals surface area contributed by atoms with E-state index < -0.39 is 11.5 Å². The van der Waals surface area contributed by atoms with Crippen LogP contribution in [0.5, 0.6) is 0 Å². The van der Waals surface area contributed by atoms with Crippen LogP contribution in [0, 0.1) is 5.92 Å². The van der Waals surface area contributed by atoms with E-state index in [0.717, 1.165) is 0 Å². The molecule has 0 aliphatic rings. The lowest BCUT2D eigenvalue weighted by atomic mass is 9.77. The Morgan fingerprint density at radius 3 is 2.10 bits per heavy atom. The van der Waals surface area contributed by atoms with Crippen molar-refractivity contribution < 1.29 is 9.90 Å². The van der Waals surface area contributed by atoms with Gasteiger partial charge in [0, 0.05) is 11.5 Å². The number of aliphatic hydroxyl groups is 1. The first kappa shape index (κ1) is 14.2. The van der Waals surface area contributed by atoms with Gasteiger partial charge in [-0.2, -0.15) is 0 Å². The zero-order chi connectivity index (χ0) is 14.6. The summed E-state index contributed by atoms with van der Waals surface area (Å²) in [5, 5.41) is 11.1. The SMILES string of the molecule is C=C[C@@H](C)[C@](O)(C(=O)c1ccccc1)c1ccccc1. The molecule has 1 N–H and O–H groups in total. The van der Waals surface area contributed by atoms with Gasteiger partial charge >= 0.3 is 0 Å². The third kappa shape index (κ3) is 2.43. The zero-order valence-electron chi connectivity index (χ0n) is 11.5. The van der Waals surface area contributed by atoms with Crippen LogP contribution in [0.1, 0.15) is 22.8 Å². The molecule has 2 rings (SSSR count). The predicted octanol–water partition coefficient (Wildman–Crippen LogP) is 3.58. The number of ketones is 1. The van der Waals surface area contributed by atoms with E-state index in [0.29, 0.717) is 11.1 Å². The fraction of sp³-hybridized carbons (Fsp3) is 0.167. The van der Waals surface area contributed by atoms with Crippen LogP contribution in [0.3, 0.4) is 0 Å². The third-order valence-corrected chi connectivity index (χ3v) is 3.61. The Balaban J connectivity index is 2.54. The molecule has 0 fully saturated rings. The summed E-state index contributed by atoms with van der Waals surface area (Å²) in [5.41, 5.74) is -0.515. The van der Waals surface area contributed by atoms with Crippen LogP contribution in [-0.4, -0.2) is 10.9 Å². The fourth-order valence-corrected chi connectivity index (χ4v) is 2.27. The summed E-state index contributed by atoms with van der Waals surface area (Å²) in [6.07, 6.45) is 1.60. The van der Waals surface area contributed by atoms with E-state index in [1.54, 1.807) is 49.4 Å². The molecular formula is C18H18O2. The van der Waals surface area contributed by atoms with Crippen LogP contribution in [0.4, 0.5) is 0 Å². The molecule has 2 aromatic rings. The van der Waals surface area contributed by atoms with Crippen molar-refractivity contribution in [2.45, 2.75) is 12.5 Å². The van der Waals surface area contributed by atoms with E-state index >= 15 is 0 Å². The molecule has 2 atom stereocenters. The lowest BCUT2D eigenvalue weighted by molar-refractivity contribution is 0.0100. The number of carbonyl (C=O) groups is 1. The summed E-state index contributed by atoms with van der Waals surface area (Å²) < 4.78 is 0. The van der Waals surface area contributed by atoms with Gasteiger partial charge in [0.15, 0.2) is 11.4 Å². The van der Waals surface area contributed by atoms with E-state index in [2.05, 4.69) is 6.58 Å². The van der Waals surface area contributed by atoms with Gasteiger partial charge in [0.05, 0.1) is 0 Å². The summed E-state index contributed by atoms with van der Waals surface area (Å²) in [7, 11) is 0. The van der Waals surface area contributed by atoms with Gasteiger partial charge in [-0.1, -0.05) is 73.7 Å². The summed E-state index contributed by atoms with van der Waals surface area (Å²) >= 11 is 0. The van der Waals surface area contributed by atoms with Gasteiger partial charge in [-0.05, 0) is 5.56 Å². The summed E-state index contributed by atoms with van der Waals surface area (Å²) in [5.74, 6) is -0.700. The number of hydrogen-bond acceptors (Lipinski definition) is 2. The van der Waals surface area contributed by atoms with Crippen molar-refractivity contribution in [3.8, 4) is 0 Å². The Morgan fingerprint density at radius 2 is 1.60 bits per heavy atom. The van der Waals surface area contributed by atoms with Crippen LogP contribution < -0.4 is 0 Å². The van der Waals surface area contributed by atoms with Crippen LogP contribution in [0.2, 0.25) is 0 Å². The Bertz CT molecular complexity index is 589. The van der Waals surface area contributed by atoms with Crippen LogP contribution in [0.25, 0.3) is 0 Å². The topological polar surface area (TPSA) is 37.3 Å². The van der Waals surface area contributed by atoms with Crippen molar-refractivity contribution in [1.82, 2.24) is 0 Å². The Labute approximate surface area is 119 Å². The van der Waals surface area contributed by atoms with Crippen LogP contribution in [-0.2, 0) is 5.60 Å². The average Bonchev–Trinajstić information content (AvgIpc) is 2.54. The first-order valence-electron chi connectivity index (χ1n) is 6.61. The molecule has 2 heteroatoms. The second kappa shape index (κ2) is 5.85. The smallest absolute Gasteiger partial charge is 0.199 e. The lowest BCUT2D eigenvalue weighted by Gasteiger charge is -2.31. The summed E-state index contributed by atoms with van der Waals surface area (Å²) in [6, 6.07) is 17.9. The van der Waals surface area contributed by atoms with Crippen LogP contribution >= 0.6 is 0 Å².